The molecule has 0 amide bonds. The second-order valence-corrected chi connectivity index (χ2v) is 5.18. The van der Waals surface area contributed by atoms with Crippen LogP contribution in [0.25, 0.3) is 0 Å². The minimum Gasteiger partial charge on any atom is -0.383 e. The van der Waals surface area contributed by atoms with Crippen LogP contribution in [-0.2, 0) is 9.05 Å². The molecule has 9 heteroatoms. The summed E-state index contributed by atoms with van der Waals surface area (Å²) >= 11 is 0. The molecule has 0 aromatic carbocycles. The summed E-state index contributed by atoms with van der Waals surface area (Å²) in [5.74, 6) is -0.601. The number of rotatable bonds is 2. The molecular weight excluding hydrogens is 264 g/mol. The van der Waals surface area contributed by atoms with E-state index >= 15 is 0 Å². The molecule has 86 valence electrons. The van der Waals surface area contributed by atoms with Crippen molar-refractivity contribution in [2.45, 2.75) is 11.3 Å². The third kappa shape index (κ3) is 2.20. The lowest BCUT2D eigenvalue weighted by Gasteiger charge is -2.08. The highest BCUT2D eigenvalue weighted by atomic mass is 35.7. The van der Waals surface area contributed by atoms with E-state index in [0.29, 0.717) is 6.20 Å². The summed E-state index contributed by atoms with van der Waals surface area (Å²) < 4.78 is 47.0. The van der Waals surface area contributed by atoms with E-state index in [4.69, 9.17) is 21.7 Å². The van der Waals surface area contributed by atoms with Crippen molar-refractivity contribution in [1.29, 1.82) is 5.26 Å². The molecule has 16 heavy (non-hydrogen) atoms. The van der Waals surface area contributed by atoms with Crippen molar-refractivity contribution >= 4 is 25.6 Å². The number of hydrogen-bond acceptors (Lipinski definition) is 5. The van der Waals surface area contributed by atoms with Crippen LogP contribution in [0.5, 0.6) is 0 Å². The van der Waals surface area contributed by atoms with Gasteiger partial charge in [0.05, 0.1) is 17.3 Å². The van der Waals surface area contributed by atoms with Gasteiger partial charge in [0.1, 0.15) is 16.8 Å². The zero-order valence-corrected chi connectivity index (χ0v) is 9.06. The van der Waals surface area contributed by atoms with Crippen molar-refractivity contribution < 1.29 is 17.2 Å². The Bertz CT molecular complexity index is 568. The summed E-state index contributed by atoms with van der Waals surface area (Å²) in [5, 5.41) is 8.65. The maximum atomic E-state index is 12.5. The van der Waals surface area contributed by atoms with Gasteiger partial charge in [0.25, 0.3) is 15.5 Å². The lowest BCUT2D eigenvalue weighted by atomic mass is 10.1. The van der Waals surface area contributed by atoms with Gasteiger partial charge in [-0.2, -0.15) is 5.26 Å². The van der Waals surface area contributed by atoms with Gasteiger partial charge in [-0.3, -0.25) is 0 Å². The topological polar surface area (TPSA) is 96.8 Å². The number of nitrogen functional groups attached to an aromatic ring is 1. The molecule has 1 aromatic rings. The second-order valence-electron chi connectivity index (χ2n) is 2.65. The first-order chi connectivity index (χ1) is 7.29. The number of alkyl halides is 2. The van der Waals surface area contributed by atoms with Gasteiger partial charge in [0.2, 0.25) is 0 Å². The van der Waals surface area contributed by atoms with E-state index in [0.717, 1.165) is 0 Å². The summed E-state index contributed by atoms with van der Waals surface area (Å²) in [6, 6.07) is 1.33. The number of halogens is 3. The first kappa shape index (κ1) is 12.6. The molecule has 0 atom stereocenters. The van der Waals surface area contributed by atoms with Crippen LogP contribution in [-0.4, -0.2) is 13.4 Å². The molecule has 1 heterocycles. The van der Waals surface area contributed by atoms with Gasteiger partial charge in [-0.15, -0.1) is 0 Å². The highest BCUT2D eigenvalue weighted by Gasteiger charge is 2.26. The second kappa shape index (κ2) is 4.19. The SMILES string of the molecule is N#Cc1c(S(=O)(=O)Cl)cnc(N)c1C(F)F. The monoisotopic (exact) mass is 267 g/mol. The van der Waals surface area contributed by atoms with E-state index in [1.807, 2.05) is 0 Å². The Morgan fingerprint density at radius 2 is 2.12 bits per heavy atom. The minimum atomic E-state index is -4.32. The smallest absolute Gasteiger partial charge is 0.268 e. The van der Waals surface area contributed by atoms with Gasteiger partial charge < -0.3 is 5.73 Å². The number of hydrogen-bond donors (Lipinski definition) is 1. The van der Waals surface area contributed by atoms with Crippen LogP contribution in [0, 0.1) is 11.3 Å². The van der Waals surface area contributed by atoms with Crippen LogP contribution in [0.4, 0.5) is 14.6 Å². The molecule has 0 aliphatic rings. The standard InChI is InChI=1S/C7H4ClF2N3O2S/c8-16(14,15)4-2-13-7(12)5(6(9)10)3(4)1-11/h2,6H,(H2,12,13). The van der Waals surface area contributed by atoms with E-state index < -0.39 is 37.3 Å². The van der Waals surface area contributed by atoms with Crippen LogP contribution >= 0.6 is 10.7 Å². The summed E-state index contributed by atoms with van der Waals surface area (Å²) in [6.45, 7) is 0. The normalized spacial score (nSPS) is 11.4. The highest BCUT2D eigenvalue weighted by Crippen LogP contribution is 2.31. The van der Waals surface area contributed by atoms with Crippen LogP contribution < -0.4 is 5.73 Å². The molecule has 5 nitrogen and oxygen atoms in total. The summed E-state index contributed by atoms with van der Waals surface area (Å²) in [7, 11) is 0.647. The molecule has 0 saturated heterocycles. The van der Waals surface area contributed by atoms with Crippen LogP contribution in [0.3, 0.4) is 0 Å². The Morgan fingerprint density at radius 3 is 2.50 bits per heavy atom. The number of aromatic nitrogens is 1. The quantitative estimate of drug-likeness (QED) is 0.817. The van der Waals surface area contributed by atoms with Crippen molar-refractivity contribution in [2.24, 2.45) is 0 Å². The fourth-order valence-corrected chi connectivity index (χ4v) is 1.97. The van der Waals surface area contributed by atoms with Crippen molar-refractivity contribution in [2.75, 3.05) is 5.73 Å². The number of pyridine rings is 1. The molecule has 1 aromatic heterocycles. The average molecular weight is 268 g/mol. The predicted octanol–water partition coefficient (Wildman–Crippen LogP) is 1.40. The highest BCUT2D eigenvalue weighted by molar-refractivity contribution is 8.13. The summed E-state index contributed by atoms with van der Waals surface area (Å²) in [6.07, 6.45) is -2.44. The van der Waals surface area contributed by atoms with E-state index in [-0.39, 0.29) is 0 Å². The van der Waals surface area contributed by atoms with Crippen molar-refractivity contribution in [3.63, 3.8) is 0 Å². The Balaban J connectivity index is 3.72. The largest absolute Gasteiger partial charge is 0.383 e. The Kier molecular flexibility index (Phi) is 3.30. The van der Waals surface area contributed by atoms with Crippen molar-refractivity contribution in [3.8, 4) is 6.07 Å². The molecule has 0 saturated carbocycles. The zero-order valence-electron chi connectivity index (χ0n) is 7.49. The third-order valence-corrected chi connectivity index (χ3v) is 3.04. The zero-order chi connectivity index (χ0) is 12.5. The van der Waals surface area contributed by atoms with Gasteiger partial charge in [0, 0.05) is 10.7 Å². The molecule has 0 radical (unpaired) electrons. The Labute approximate surface area is 93.9 Å². The molecule has 2 N–H and O–H groups in total. The lowest BCUT2D eigenvalue weighted by Crippen LogP contribution is -2.06. The number of anilines is 1. The molecule has 0 fully saturated rings. The predicted molar refractivity (Wildman–Crippen MR) is 51.4 cm³/mol. The average Bonchev–Trinajstić information content (AvgIpc) is 2.14. The molecule has 0 aliphatic carbocycles. The van der Waals surface area contributed by atoms with Crippen LogP contribution in [0.1, 0.15) is 17.6 Å². The summed E-state index contributed by atoms with van der Waals surface area (Å²) in [5.41, 5.74) is 3.42. The number of nitrogens with zero attached hydrogens (tertiary/aromatic N) is 2. The first-order valence-electron chi connectivity index (χ1n) is 3.70. The van der Waals surface area contributed by atoms with Gasteiger partial charge >= 0.3 is 0 Å². The molecule has 0 spiro atoms. The van der Waals surface area contributed by atoms with Gasteiger partial charge in [0.15, 0.2) is 0 Å². The van der Waals surface area contributed by atoms with E-state index in [2.05, 4.69) is 4.98 Å². The maximum Gasteiger partial charge on any atom is 0.268 e. The fourth-order valence-electron chi connectivity index (χ4n) is 1.04. The van der Waals surface area contributed by atoms with Gasteiger partial charge in [-0.05, 0) is 0 Å². The van der Waals surface area contributed by atoms with Gasteiger partial charge in [-0.25, -0.2) is 22.2 Å². The van der Waals surface area contributed by atoms with E-state index in [1.165, 1.54) is 6.07 Å². The van der Waals surface area contributed by atoms with Crippen LogP contribution in [0.15, 0.2) is 11.1 Å². The Morgan fingerprint density at radius 1 is 1.56 bits per heavy atom. The fraction of sp³-hybridized carbons (Fsp3) is 0.143. The number of nitriles is 1. The molecular formula is C7H4ClF2N3O2S. The van der Waals surface area contributed by atoms with E-state index in [1.54, 1.807) is 0 Å². The maximum absolute atomic E-state index is 12.5. The first-order valence-corrected chi connectivity index (χ1v) is 6.01. The van der Waals surface area contributed by atoms with Crippen molar-refractivity contribution in [1.82, 2.24) is 4.98 Å². The van der Waals surface area contributed by atoms with E-state index in [9.17, 15) is 17.2 Å². The molecule has 0 unspecified atom stereocenters. The summed E-state index contributed by atoms with van der Waals surface area (Å²) in [4.78, 5) is 2.48. The van der Waals surface area contributed by atoms with Crippen molar-refractivity contribution in [3.05, 3.63) is 17.3 Å². The van der Waals surface area contributed by atoms with Gasteiger partial charge in [-0.1, -0.05) is 0 Å². The molecule has 0 bridgehead atoms. The minimum absolute atomic E-state index is 0.601. The van der Waals surface area contributed by atoms with Crippen LogP contribution in [0.2, 0.25) is 0 Å². The lowest BCUT2D eigenvalue weighted by molar-refractivity contribution is 0.151. The molecule has 1 rings (SSSR count). The molecule has 0 aliphatic heterocycles. The Hall–Kier alpha value is -1.46. The number of nitrogens with two attached hydrogens (primary N) is 1. The third-order valence-electron chi connectivity index (χ3n) is 1.71.